The molecule has 1 aliphatic heterocycles. The molecule has 0 unspecified atom stereocenters. The molecule has 1 aliphatic rings. The van der Waals surface area contributed by atoms with Crippen LogP contribution in [0.5, 0.6) is 0 Å². The minimum absolute atomic E-state index is 0.255. The van der Waals surface area contributed by atoms with E-state index in [0.29, 0.717) is 0 Å². The van der Waals surface area contributed by atoms with Crippen LogP contribution in [0.2, 0.25) is 0 Å². The van der Waals surface area contributed by atoms with Gasteiger partial charge < -0.3 is 14.3 Å². The molecule has 1 aromatic carbocycles. The number of fused-ring (bicyclic) bond motifs is 1. The van der Waals surface area contributed by atoms with Crippen molar-refractivity contribution in [3.05, 3.63) is 30.1 Å². The second kappa shape index (κ2) is 3.84. The van der Waals surface area contributed by atoms with Crippen molar-refractivity contribution in [1.82, 2.24) is 4.98 Å². The number of H-pyrrole nitrogens is 1. The van der Waals surface area contributed by atoms with Crippen LogP contribution < -0.4 is 5.59 Å². The van der Waals surface area contributed by atoms with Gasteiger partial charge in [-0.1, -0.05) is 0 Å². The normalized spacial score (nSPS) is 21.2. The molecule has 0 amide bonds. The van der Waals surface area contributed by atoms with Gasteiger partial charge in [0.05, 0.1) is 11.2 Å². The van der Waals surface area contributed by atoms with Gasteiger partial charge >= 0.3 is 7.12 Å². The van der Waals surface area contributed by atoms with Crippen LogP contribution in [0.25, 0.3) is 10.9 Å². The zero-order valence-electron chi connectivity index (χ0n) is 11.6. The molecule has 5 heteroatoms. The molecule has 1 N–H and O–H groups in total. The number of benzene rings is 1. The highest BCUT2D eigenvalue weighted by molar-refractivity contribution is 6.61. The molecule has 1 saturated heterocycles. The van der Waals surface area contributed by atoms with Gasteiger partial charge in [-0.25, -0.2) is 4.39 Å². The predicted molar refractivity (Wildman–Crippen MR) is 74.0 cm³/mol. The van der Waals surface area contributed by atoms with Gasteiger partial charge in [0.2, 0.25) is 0 Å². The molecule has 3 rings (SSSR count). The fourth-order valence-corrected chi connectivity index (χ4v) is 2.22. The Balaban J connectivity index is 1.98. The highest BCUT2D eigenvalue weighted by atomic mass is 19.1. The lowest BCUT2D eigenvalue weighted by Gasteiger charge is -2.32. The van der Waals surface area contributed by atoms with Gasteiger partial charge in [-0.15, -0.1) is 0 Å². The third-order valence-electron chi connectivity index (χ3n) is 4.11. The van der Waals surface area contributed by atoms with E-state index in [0.717, 1.165) is 16.5 Å². The molecule has 1 aromatic heterocycles. The van der Waals surface area contributed by atoms with Crippen molar-refractivity contribution in [3.63, 3.8) is 0 Å². The summed E-state index contributed by atoms with van der Waals surface area (Å²) in [5.74, 6) is -0.255. The molecule has 19 heavy (non-hydrogen) atoms. The van der Waals surface area contributed by atoms with E-state index in [9.17, 15) is 4.39 Å². The SMILES string of the molecule is CC1(C)OB(c2cc3ccc(F)cc3[nH]2)OC1(C)C. The molecule has 0 spiro atoms. The molecule has 0 saturated carbocycles. The van der Waals surface area contributed by atoms with Gasteiger partial charge in [0.1, 0.15) is 5.82 Å². The van der Waals surface area contributed by atoms with Gasteiger partial charge in [0.25, 0.3) is 0 Å². The highest BCUT2D eigenvalue weighted by Gasteiger charge is 2.52. The Morgan fingerprint density at radius 1 is 1.05 bits per heavy atom. The van der Waals surface area contributed by atoms with E-state index in [1.807, 2.05) is 33.8 Å². The third-order valence-corrected chi connectivity index (χ3v) is 4.11. The summed E-state index contributed by atoms with van der Waals surface area (Å²) in [5, 5.41) is 0.950. The number of rotatable bonds is 1. The van der Waals surface area contributed by atoms with E-state index in [-0.39, 0.29) is 17.0 Å². The van der Waals surface area contributed by atoms with Crippen molar-refractivity contribution < 1.29 is 13.7 Å². The summed E-state index contributed by atoms with van der Waals surface area (Å²) in [6.45, 7) is 8.04. The van der Waals surface area contributed by atoms with Crippen molar-refractivity contribution in [1.29, 1.82) is 0 Å². The summed E-state index contributed by atoms with van der Waals surface area (Å²) in [5.41, 5.74) is 0.824. The van der Waals surface area contributed by atoms with E-state index in [2.05, 4.69) is 4.98 Å². The molecule has 0 aliphatic carbocycles. The second-order valence-electron chi connectivity index (χ2n) is 6.04. The number of aromatic nitrogens is 1. The minimum atomic E-state index is -0.444. The van der Waals surface area contributed by atoms with Crippen LogP contribution in [0.3, 0.4) is 0 Å². The maximum Gasteiger partial charge on any atom is 0.512 e. The Morgan fingerprint density at radius 3 is 2.32 bits per heavy atom. The van der Waals surface area contributed by atoms with Gasteiger partial charge in [0, 0.05) is 11.1 Å². The summed E-state index contributed by atoms with van der Waals surface area (Å²) in [4.78, 5) is 3.16. The minimum Gasteiger partial charge on any atom is -0.398 e. The lowest BCUT2D eigenvalue weighted by Crippen LogP contribution is -2.41. The first-order valence-electron chi connectivity index (χ1n) is 6.42. The van der Waals surface area contributed by atoms with Crippen LogP contribution in [-0.2, 0) is 9.31 Å². The first-order valence-corrected chi connectivity index (χ1v) is 6.42. The van der Waals surface area contributed by atoms with Crippen LogP contribution in [0, 0.1) is 5.82 Å². The Kier molecular flexibility index (Phi) is 2.56. The summed E-state index contributed by atoms with van der Waals surface area (Å²) in [6.07, 6.45) is 0. The van der Waals surface area contributed by atoms with E-state index < -0.39 is 7.12 Å². The van der Waals surface area contributed by atoms with E-state index in [1.165, 1.54) is 12.1 Å². The first kappa shape index (κ1) is 12.7. The molecule has 0 bridgehead atoms. The molecule has 0 radical (unpaired) electrons. The Bertz CT molecular complexity index is 619. The summed E-state index contributed by atoms with van der Waals surface area (Å²) < 4.78 is 25.1. The van der Waals surface area contributed by atoms with E-state index in [4.69, 9.17) is 9.31 Å². The molecule has 2 aromatic rings. The zero-order chi connectivity index (χ0) is 13.8. The monoisotopic (exact) mass is 261 g/mol. The van der Waals surface area contributed by atoms with Crippen molar-refractivity contribution in [2.75, 3.05) is 0 Å². The van der Waals surface area contributed by atoms with Crippen LogP contribution in [0.4, 0.5) is 4.39 Å². The van der Waals surface area contributed by atoms with Gasteiger partial charge in [-0.05, 0) is 57.3 Å². The topological polar surface area (TPSA) is 34.2 Å². The number of halogens is 1. The molecular formula is C14H17BFNO2. The Labute approximate surface area is 112 Å². The Hall–Kier alpha value is -1.33. The fourth-order valence-electron chi connectivity index (χ4n) is 2.22. The summed E-state index contributed by atoms with van der Waals surface area (Å²) in [7, 11) is -0.444. The maximum atomic E-state index is 13.2. The lowest BCUT2D eigenvalue weighted by molar-refractivity contribution is 0.00578. The first-order chi connectivity index (χ1) is 8.78. The molecule has 3 nitrogen and oxygen atoms in total. The zero-order valence-corrected chi connectivity index (χ0v) is 11.6. The highest BCUT2D eigenvalue weighted by Crippen LogP contribution is 2.36. The lowest BCUT2D eigenvalue weighted by atomic mass is 9.85. The van der Waals surface area contributed by atoms with Crippen molar-refractivity contribution in [2.45, 2.75) is 38.9 Å². The Morgan fingerprint density at radius 2 is 1.68 bits per heavy atom. The molecule has 2 heterocycles. The van der Waals surface area contributed by atoms with Crippen LogP contribution in [-0.4, -0.2) is 23.3 Å². The molecule has 1 fully saturated rings. The van der Waals surface area contributed by atoms with Crippen LogP contribution >= 0.6 is 0 Å². The third kappa shape index (κ3) is 1.97. The largest absolute Gasteiger partial charge is 0.512 e. The average Bonchev–Trinajstić information content (AvgIpc) is 2.78. The summed E-state index contributed by atoms with van der Waals surface area (Å²) >= 11 is 0. The standard InChI is InChI=1S/C14H17BFNO2/c1-13(2)14(3,4)19-15(18-13)12-7-9-5-6-10(16)8-11(9)17-12/h5-8,17H,1-4H3. The second-order valence-corrected chi connectivity index (χ2v) is 6.04. The van der Waals surface area contributed by atoms with Gasteiger partial charge in [0.15, 0.2) is 0 Å². The number of nitrogens with one attached hydrogen (secondary N) is 1. The maximum absolute atomic E-state index is 13.2. The number of hydrogen-bond acceptors (Lipinski definition) is 2. The average molecular weight is 261 g/mol. The van der Waals surface area contributed by atoms with Crippen LogP contribution in [0.1, 0.15) is 27.7 Å². The fraction of sp³-hybridized carbons (Fsp3) is 0.429. The summed E-state index contributed by atoms with van der Waals surface area (Å²) in [6, 6.07) is 6.61. The molecule has 0 atom stereocenters. The smallest absolute Gasteiger partial charge is 0.398 e. The van der Waals surface area contributed by atoms with Gasteiger partial charge in [-0.2, -0.15) is 0 Å². The molecule has 100 valence electrons. The number of hydrogen-bond donors (Lipinski definition) is 1. The predicted octanol–water partition coefficient (Wildman–Crippen LogP) is 2.61. The number of aromatic amines is 1. The van der Waals surface area contributed by atoms with Crippen LogP contribution in [0.15, 0.2) is 24.3 Å². The van der Waals surface area contributed by atoms with Crippen molar-refractivity contribution in [3.8, 4) is 0 Å². The van der Waals surface area contributed by atoms with E-state index >= 15 is 0 Å². The van der Waals surface area contributed by atoms with Gasteiger partial charge in [-0.3, -0.25) is 0 Å². The van der Waals surface area contributed by atoms with Crippen molar-refractivity contribution >= 4 is 23.6 Å². The molecular weight excluding hydrogens is 244 g/mol. The van der Waals surface area contributed by atoms with Crippen molar-refractivity contribution in [2.24, 2.45) is 0 Å². The van der Waals surface area contributed by atoms with E-state index in [1.54, 1.807) is 6.07 Å². The quantitative estimate of drug-likeness (QED) is 0.800.